The third kappa shape index (κ3) is 84.5. The summed E-state index contributed by atoms with van der Waals surface area (Å²) in [7, 11) is -9.94. The first-order valence-corrected chi connectivity index (χ1v) is 51.0. The molecule has 0 radical (unpaired) electrons. The van der Waals surface area contributed by atoms with Crippen molar-refractivity contribution in [1.82, 2.24) is 0 Å². The van der Waals surface area contributed by atoms with Crippen LogP contribution in [0.25, 0.3) is 0 Å². The van der Waals surface area contributed by atoms with Crippen LogP contribution in [0.4, 0.5) is 0 Å². The number of unbranched alkanes of at least 4 members (excludes halogenated alkanes) is 61. The molecule has 3 unspecified atom stereocenters. The van der Waals surface area contributed by atoms with Crippen molar-refractivity contribution in [3.05, 3.63) is 0 Å². The summed E-state index contributed by atoms with van der Waals surface area (Å²) in [4.78, 5) is 73.4. The fourth-order valence-electron chi connectivity index (χ4n) is 14.6. The molecule has 0 fully saturated rings. The first-order valence-electron chi connectivity index (χ1n) is 48.0. The predicted octanol–water partition coefficient (Wildman–Crippen LogP) is 29.0. The topological polar surface area (TPSA) is 237 Å². The Kier molecular flexibility index (Phi) is 82.6. The minimum absolute atomic E-state index is 0.109. The van der Waals surface area contributed by atoms with Crippen LogP contribution in [-0.4, -0.2) is 96.7 Å². The van der Waals surface area contributed by atoms with Crippen LogP contribution >= 0.6 is 15.6 Å². The van der Waals surface area contributed by atoms with Gasteiger partial charge in [-0.05, 0) is 37.5 Å². The van der Waals surface area contributed by atoms with Gasteiger partial charge in [0, 0.05) is 25.7 Å². The molecule has 0 saturated heterocycles. The van der Waals surface area contributed by atoms with Crippen molar-refractivity contribution in [2.24, 2.45) is 11.8 Å². The third-order valence-electron chi connectivity index (χ3n) is 22.3. The standard InChI is InChI=1S/C93H182O17P2/c1-7-10-12-14-16-18-20-21-22-23-24-25-26-30-36-41-46-52-58-64-70-76-91(96)104-82-89(110-93(98)77-71-65-59-53-47-42-37-31-28-27-29-35-40-45-50-56-62-68-74-86(6)9-3)84-108-112(101,102)106-80-87(94)79-105-111(99,100)107-83-88(81-103-90(95)75-69-63-57-51-19-17-15-13-11-8-2)109-92(97)78-72-66-60-54-48-43-38-33-32-34-39-44-49-55-61-67-73-85(4)5/h85-89,94H,7-84H2,1-6H3,(H,99,100)(H,101,102)/t86?,87-,88+,89+/m0/s1. The molecule has 6 atom stereocenters. The molecule has 0 amide bonds. The second-order valence-corrected chi connectivity index (χ2v) is 37.0. The zero-order valence-electron chi connectivity index (χ0n) is 74.0. The van der Waals surface area contributed by atoms with E-state index in [1.807, 2.05) is 0 Å². The molecule has 3 N–H and O–H groups in total. The van der Waals surface area contributed by atoms with Gasteiger partial charge in [0.2, 0.25) is 0 Å². The van der Waals surface area contributed by atoms with Crippen molar-refractivity contribution in [1.29, 1.82) is 0 Å². The van der Waals surface area contributed by atoms with Crippen molar-refractivity contribution in [3.63, 3.8) is 0 Å². The molecule has 0 rings (SSSR count). The molecule has 0 bridgehead atoms. The highest BCUT2D eigenvalue weighted by Gasteiger charge is 2.31. The van der Waals surface area contributed by atoms with Crippen LogP contribution in [0.2, 0.25) is 0 Å². The molecule has 0 aliphatic carbocycles. The third-order valence-corrected chi connectivity index (χ3v) is 24.2. The van der Waals surface area contributed by atoms with Crippen LogP contribution in [-0.2, 0) is 65.4 Å². The maximum atomic E-state index is 13.2. The molecule has 0 spiro atoms. The van der Waals surface area contributed by atoms with E-state index in [1.165, 1.54) is 321 Å². The maximum Gasteiger partial charge on any atom is 0.472 e. The number of aliphatic hydroxyl groups excluding tert-OH is 1. The summed E-state index contributed by atoms with van der Waals surface area (Å²) in [6, 6.07) is 0. The fourth-order valence-corrected chi connectivity index (χ4v) is 16.2. The molecule has 112 heavy (non-hydrogen) atoms. The zero-order valence-corrected chi connectivity index (χ0v) is 75.8. The quantitative estimate of drug-likeness (QED) is 0.0222. The van der Waals surface area contributed by atoms with Gasteiger partial charge in [0.15, 0.2) is 12.2 Å². The summed E-state index contributed by atoms with van der Waals surface area (Å²) >= 11 is 0. The number of phosphoric acid groups is 2. The molecule has 0 aliphatic rings. The lowest BCUT2D eigenvalue weighted by molar-refractivity contribution is -0.161. The lowest BCUT2D eigenvalue weighted by Gasteiger charge is -2.21. The Labute approximate surface area is 689 Å². The molecule has 0 aromatic heterocycles. The van der Waals surface area contributed by atoms with E-state index in [2.05, 4.69) is 41.5 Å². The minimum Gasteiger partial charge on any atom is -0.462 e. The number of ether oxygens (including phenoxy) is 4. The van der Waals surface area contributed by atoms with Crippen LogP contribution in [0, 0.1) is 11.8 Å². The van der Waals surface area contributed by atoms with Crippen LogP contribution in [0.1, 0.15) is 504 Å². The van der Waals surface area contributed by atoms with Gasteiger partial charge in [-0.25, -0.2) is 9.13 Å². The fraction of sp³-hybridized carbons (Fsp3) is 0.957. The Morgan fingerprint density at radius 1 is 0.259 bits per heavy atom. The lowest BCUT2D eigenvalue weighted by Crippen LogP contribution is -2.30. The van der Waals surface area contributed by atoms with E-state index in [4.69, 9.17) is 37.0 Å². The Balaban J connectivity index is 5.21. The molecular formula is C93H182O17P2. The number of rotatable bonds is 92. The van der Waals surface area contributed by atoms with E-state index in [0.29, 0.717) is 25.7 Å². The summed E-state index contributed by atoms with van der Waals surface area (Å²) < 4.78 is 69.1. The Morgan fingerprint density at radius 3 is 0.679 bits per heavy atom. The molecule has 19 heteroatoms. The smallest absolute Gasteiger partial charge is 0.462 e. The number of carbonyl (C=O) groups is 4. The van der Waals surface area contributed by atoms with Gasteiger partial charge >= 0.3 is 39.5 Å². The van der Waals surface area contributed by atoms with Crippen molar-refractivity contribution in [2.45, 2.75) is 522 Å². The molecule has 17 nitrogen and oxygen atoms in total. The number of phosphoric ester groups is 2. The van der Waals surface area contributed by atoms with E-state index in [-0.39, 0.29) is 25.7 Å². The van der Waals surface area contributed by atoms with Crippen molar-refractivity contribution in [2.75, 3.05) is 39.6 Å². The summed E-state index contributed by atoms with van der Waals surface area (Å²) in [6.45, 7) is 9.80. The Hall–Kier alpha value is -1.94. The average molecular weight is 1630 g/mol. The molecule has 0 heterocycles. The van der Waals surface area contributed by atoms with E-state index >= 15 is 0 Å². The highest BCUT2D eigenvalue weighted by atomic mass is 31.2. The number of aliphatic hydroxyl groups is 1. The Morgan fingerprint density at radius 2 is 0.455 bits per heavy atom. The van der Waals surface area contributed by atoms with Gasteiger partial charge in [-0.1, -0.05) is 452 Å². The van der Waals surface area contributed by atoms with Crippen LogP contribution in [0.15, 0.2) is 0 Å². The summed E-state index contributed by atoms with van der Waals surface area (Å²) in [6.07, 6.45) is 79.3. The predicted molar refractivity (Wildman–Crippen MR) is 465 cm³/mol. The van der Waals surface area contributed by atoms with Gasteiger partial charge in [0.05, 0.1) is 26.4 Å². The van der Waals surface area contributed by atoms with Gasteiger partial charge < -0.3 is 33.8 Å². The summed E-state index contributed by atoms with van der Waals surface area (Å²) in [5.74, 6) is -0.414. The number of hydrogen-bond acceptors (Lipinski definition) is 15. The van der Waals surface area contributed by atoms with Gasteiger partial charge in [-0.15, -0.1) is 0 Å². The van der Waals surface area contributed by atoms with Crippen molar-refractivity contribution >= 4 is 39.5 Å². The maximum absolute atomic E-state index is 13.2. The van der Waals surface area contributed by atoms with Gasteiger partial charge in [-0.2, -0.15) is 0 Å². The molecular weight excluding hydrogens is 1450 g/mol. The first kappa shape index (κ1) is 110. The number of hydrogen-bond donors (Lipinski definition) is 3. The van der Waals surface area contributed by atoms with Crippen LogP contribution in [0.3, 0.4) is 0 Å². The summed E-state index contributed by atoms with van der Waals surface area (Å²) in [5, 5.41) is 10.7. The Bertz CT molecular complexity index is 2130. The highest BCUT2D eigenvalue weighted by Crippen LogP contribution is 2.45. The summed E-state index contributed by atoms with van der Waals surface area (Å²) in [5.41, 5.74) is 0. The second-order valence-electron chi connectivity index (χ2n) is 34.1. The number of carbonyl (C=O) groups excluding carboxylic acids is 4. The number of esters is 4. The molecule has 0 aliphatic heterocycles. The van der Waals surface area contributed by atoms with Crippen molar-refractivity contribution < 1.29 is 80.2 Å². The average Bonchev–Trinajstić information content (AvgIpc) is 0.902. The zero-order chi connectivity index (χ0) is 82.0. The second kappa shape index (κ2) is 84.1. The lowest BCUT2D eigenvalue weighted by atomic mass is 9.99. The van der Waals surface area contributed by atoms with E-state index in [0.717, 1.165) is 102 Å². The molecule has 0 aromatic carbocycles. The SMILES string of the molecule is CCCCCCCCCCCCCCCCCCCCCCCC(=O)OC[C@H](COP(=O)(O)OC[C@@H](O)COP(=O)(O)OC[C@@H](COC(=O)CCCCCCCCCCCC)OC(=O)CCCCCCCCCCCCCCCCCCC(C)C)OC(=O)CCCCCCCCCCCCCCCCCCCCC(C)CC. The largest absolute Gasteiger partial charge is 0.472 e. The van der Waals surface area contributed by atoms with E-state index in [1.54, 1.807) is 0 Å². The van der Waals surface area contributed by atoms with Gasteiger partial charge in [0.25, 0.3) is 0 Å². The van der Waals surface area contributed by atoms with Crippen LogP contribution < -0.4 is 0 Å². The van der Waals surface area contributed by atoms with Gasteiger partial charge in [-0.3, -0.25) is 37.3 Å². The first-order chi connectivity index (χ1) is 54.4. The molecule has 0 aromatic rings. The highest BCUT2D eigenvalue weighted by molar-refractivity contribution is 7.47. The molecule has 666 valence electrons. The monoisotopic (exact) mass is 1630 g/mol. The normalized spacial score (nSPS) is 13.9. The van der Waals surface area contributed by atoms with Gasteiger partial charge in [0.1, 0.15) is 19.3 Å². The molecule has 0 saturated carbocycles. The van der Waals surface area contributed by atoms with Crippen LogP contribution in [0.5, 0.6) is 0 Å². The van der Waals surface area contributed by atoms with E-state index in [9.17, 15) is 43.2 Å². The van der Waals surface area contributed by atoms with Crippen molar-refractivity contribution in [3.8, 4) is 0 Å². The minimum atomic E-state index is -4.97. The van der Waals surface area contributed by atoms with E-state index < -0.39 is 97.5 Å².